The molecule has 4 heterocycles. The van der Waals surface area contributed by atoms with E-state index in [1.165, 1.54) is 11.6 Å². The highest BCUT2D eigenvalue weighted by Crippen LogP contribution is 2.36. The van der Waals surface area contributed by atoms with Gasteiger partial charge in [0.1, 0.15) is 0 Å². The van der Waals surface area contributed by atoms with Crippen LogP contribution in [0.2, 0.25) is 0 Å². The van der Waals surface area contributed by atoms with E-state index in [-0.39, 0.29) is 30.7 Å². The molecule has 0 saturated carbocycles. The Morgan fingerprint density at radius 3 is 2.74 bits per heavy atom. The number of alkyl halides is 3. The quantitative estimate of drug-likeness (QED) is 0.601. The van der Waals surface area contributed by atoms with Crippen molar-refractivity contribution < 1.29 is 27.4 Å². The average Bonchev–Trinajstić information content (AvgIpc) is 3.52. The number of rotatable bonds is 6. The largest absolute Gasteiger partial charge is 0.416 e. The topological polar surface area (TPSA) is 66.9 Å². The molecule has 1 aliphatic carbocycles. The molecule has 0 spiro atoms. The lowest BCUT2D eigenvalue weighted by molar-refractivity contribution is -0.137. The van der Waals surface area contributed by atoms with Gasteiger partial charge in [-0.2, -0.15) is 13.2 Å². The van der Waals surface area contributed by atoms with Gasteiger partial charge in [0.15, 0.2) is 0 Å². The first-order valence-electron chi connectivity index (χ1n) is 13.9. The Morgan fingerprint density at radius 1 is 1.08 bits per heavy atom. The number of pyridine rings is 1. The number of benzene rings is 1. The lowest BCUT2D eigenvalue weighted by Crippen LogP contribution is -2.48. The zero-order valence-corrected chi connectivity index (χ0v) is 22.0. The molecule has 0 radical (unpaired) electrons. The van der Waals surface area contributed by atoms with Gasteiger partial charge in [0.2, 0.25) is 5.91 Å². The van der Waals surface area contributed by atoms with Crippen LogP contribution in [-0.2, 0) is 39.8 Å². The molecule has 4 aliphatic rings. The fraction of sp³-hybridized carbons (Fsp3) is 0.586. The second-order valence-corrected chi connectivity index (χ2v) is 11.2. The van der Waals surface area contributed by atoms with Crippen LogP contribution >= 0.6 is 0 Å². The molecule has 3 unspecified atom stereocenters. The van der Waals surface area contributed by atoms with Gasteiger partial charge in [0.05, 0.1) is 30.4 Å². The summed E-state index contributed by atoms with van der Waals surface area (Å²) in [6.07, 6.45) is 3.58. The summed E-state index contributed by atoms with van der Waals surface area (Å²) < 4.78 is 51.9. The molecule has 3 atom stereocenters. The molecule has 6 rings (SSSR count). The van der Waals surface area contributed by atoms with Gasteiger partial charge in [0, 0.05) is 63.4 Å². The number of carbonyl (C=O) groups excluding carboxylic acids is 1. The van der Waals surface area contributed by atoms with Crippen LogP contribution in [-0.4, -0.2) is 78.3 Å². The number of ether oxygens (including phenoxy) is 2. The summed E-state index contributed by atoms with van der Waals surface area (Å²) >= 11 is 0. The van der Waals surface area contributed by atoms with Crippen LogP contribution in [0.25, 0.3) is 0 Å². The SMILES string of the molecule is O=C(CN1CCc2ccc(C(F)(F)F)cc2C1)NC1CN(C2CCOCC2)CC1OC1CCc2ccncc21. The number of amides is 1. The number of nitrogens with zero attached hydrogens (tertiary/aromatic N) is 3. The van der Waals surface area contributed by atoms with Crippen LogP contribution in [0.3, 0.4) is 0 Å². The van der Waals surface area contributed by atoms with Crippen molar-refractivity contribution in [2.24, 2.45) is 0 Å². The molecule has 3 aliphatic heterocycles. The number of hydrogen-bond acceptors (Lipinski definition) is 6. The third-order valence-corrected chi connectivity index (χ3v) is 8.65. The van der Waals surface area contributed by atoms with Crippen molar-refractivity contribution in [3.8, 4) is 0 Å². The molecule has 7 nitrogen and oxygen atoms in total. The molecular weight excluding hydrogens is 509 g/mol. The van der Waals surface area contributed by atoms with E-state index >= 15 is 0 Å². The van der Waals surface area contributed by atoms with Gasteiger partial charge in [-0.05, 0) is 67.0 Å². The van der Waals surface area contributed by atoms with Crippen molar-refractivity contribution in [2.45, 2.75) is 69.1 Å². The first-order valence-corrected chi connectivity index (χ1v) is 13.9. The number of carbonyl (C=O) groups is 1. The zero-order valence-electron chi connectivity index (χ0n) is 22.0. The standard InChI is InChI=1S/C29H35F3N4O3/c30-29(31,32)22-3-1-19-6-10-35(15-21(19)13-22)18-28(37)34-25-16-36(23-7-11-38-12-8-23)17-27(25)39-26-4-2-20-5-9-33-14-24(20)26/h1,3,5,9,13-14,23,25-27H,2,4,6-8,10-12,15-18H2,(H,34,37). The smallest absolute Gasteiger partial charge is 0.381 e. The van der Waals surface area contributed by atoms with E-state index in [4.69, 9.17) is 9.47 Å². The fourth-order valence-electron chi connectivity index (χ4n) is 6.56. The number of fused-ring (bicyclic) bond motifs is 2. The third-order valence-electron chi connectivity index (χ3n) is 8.65. The second-order valence-electron chi connectivity index (χ2n) is 11.2. The van der Waals surface area contributed by atoms with E-state index in [1.54, 1.807) is 6.07 Å². The molecular formula is C29H35F3N4O3. The van der Waals surface area contributed by atoms with Gasteiger partial charge < -0.3 is 14.8 Å². The predicted octanol–water partition coefficient (Wildman–Crippen LogP) is 3.51. The van der Waals surface area contributed by atoms with E-state index in [1.807, 2.05) is 17.3 Å². The Labute approximate surface area is 226 Å². The van der Waals surface area contributed by atoms with Crippen molar-refractivity contribution >= 4 is 5.91 Å². The highest BCUT2D eigenvalue weighted by Gasteiger charge is 2.40. The summed E-state index contributed by atoms with van der Waals surface area (Å²) in [4.78, 5) is 21.9. The number of hydrogen-bond donors (Lipinski definition) is 1. The van der Waals surface area contributed by atoms with Crippen molar-refractivity contribution in [1.82, 2.24) is 20.1 Å². The lowest BCUT2D eigenvalue weighted by atomic mass is 9.97. The van der Waals surface area contributed by atoms with Crippen molar-refractivity contribution in [3.63, 3.8) is 0 Å². The molecule has 10 heteroatoms. The summed E-state index contributed by atoms with van der Waals surface area (Å²) in [5, 5.41) is 3.23. The molecule has 1 N–H and O–H groups in total. The van der Waals surface area contributed by atoms with Crippen molar-refractivity contribution in [2.75, 3.05) is 39.4 Å². The molecule has 39 heavy (non-hydrogen) atoms. The van der Waals surface area contributed by atoms with Gasteiger partial charge in [-0.15, -0.1) is 0 Å². The molecule has 210 valence electrons. The minimum Gasteiger partial charge on any atom is -0.381 e. The summed E-state index contributed by atoms with van der Waals surface area (Å²) in [5.41, 5.74) is 3.33. The first kappa shape index (κ1) is 26.7. The van der Waals surface area contributed by atoms with Crippen LogP contribution in [0, 0.1) is 0 Å². The molecule has 1 aromatic heterocycles. The van der Waals surface area contributed by atoms with Gasteiger partial charge in [-0.1, -0.05) is 6.07 Å². The highest BCUT2D eigenvalue weighted by molar-refractivity contribution is 5.78. The Bertz CT molecular complexity index is 1190. The summed E-state index contributed by atoms with van der Waals surface area (Å²) in [6.45, 7) is 4.07. The highest BCUT2D eigenvalue weighted by atomic mass is 19.4. The fourth-order valence-corrected chi connectivity index (χ4v) is 6.56. The minimum absolute atomic E-state index is 0.0332. The molecule has 2 aromatic rings. The lowest BCUT2D eigenvalue weighted by Gasteiger charge is -2.31. The molecule has 0 bridgehead atoms. The first-order chi connectivity index (χ1) is 18.8. The number of halogens is 3. The summed E-state index contributed by atoms with van der Waals surface area (Å²) in [5.74, 6) is -0.119. The number of nitrogens with one attached hydrogen (secondary N) is 1. The monoisotopic (exact) mass is 544 g/mol. The average molecular weight is 545 g/mol. The Morgan fingerprint density at radius 2 is 1.92 bits per heavy atom. The predicted molar refractivity (Wildman–Crippen MR) is 138 cm³/mol. The Kier molecular flexibility index (Phi) is 7.63. The zero-order chi connectivity index (χ0) is 27.0. The number of aryl methyl sites for hydroxylation is 1. The maximum Gasteiger partial charge on any atom is 0.416 e. The maximum atomic E-state index is 13.2. The number of likely N-dealkylation sites (tertiary alicyclic amines) is 1. The van der Waals surface area contributed by atoms with Gasteiger partial charge in [0.25, 0.3) is 0 Å². The van der Waals surface area contributed by atoms with Crippen molar-refractivity contribution in [3.05, 3.63) is 64.5 Å². The molecule has 1 amide bonds. The molecule has 2 saturated heterocycles. The summed E-state index contributed by atoms with van der Waals surface area (Å²) in [7, 11) is 0. The van der Waals surface area contributed by atoms with Crippen LogP contribution in [0.1, 0.15) is 53.2 Å². The van der Waals surface area contributed by atoms with Gasteiger partial charge >= 0.3 is 6.18 Å². The van der Waals surface area contributed by atoms with E-state index in [0.717, 1.165) is 62.6 Å². The van der Waals surface area contributed by atoms with Crippen LogP contribution in [0.5, 0.6) is 0 Å². The minimum atomic E-state index is -4.38. The van der Waals surface area contributed by atoms with E-state index < -0.39 is 11.7 Å². The molecule has 1 aromatic carbocycles. The molecule has 2 fully saturated rings. The van der Waals surface area contributed by atoms with Crippen LogP contribution in [0.4, 0.5) is 13.2 Å². The van der Waals surface area contributed by atoms with E-state index in [0.29, 0.717) is 37.7 Å². The Balaban J connectivity index is 1.11. The van der Waals surface area contributed by atoms with Crippen LogP contribution < -0.4 is 5.32 Å². The normalized spacial score (nSPS) is 26.4. The van der Waals surface area contributed by atoms with Gasteiger partial charge in [-0.25, -0.2) is 0 Å². The third kappa shape index (κ3) is 5.99. The second kappa shape index (κ2) is 11.2. The number of aromatic nitrogens is 1. The van der Waals surface area contributed by atoms with E-state index in [9.17, 15) is 18.0 Å². The Hall–Kier alpha value is -2.53. The summed E-state index contributed by atoms with van der Waals surface area (Å²) in [6, 6.07) is 6.23. The van der Waals surface area contributed by atoms with E-state index in [2.05, 4.69) is 21.3 Å². The van der Waals surface area contributed by atoms with Gasteiger partial charge in [-0.3, -0.25) is 19.6 Å². The van der Waals surface area contributed by atoms with Crippen molar-refractivity contribution in [1.29, 1.82) is 0 Å². The van der Waals surface area contributed by atoms with Crippen LogP contribution in [0.15, 0.2) is 36.7 Å². The maximum absolute atomic E-state index is 13.2.